The fraction of sp³-hybridized carbons (Fsp3) is 0.333. The van der Waals surface area contributed by atoms with Gasteiger partial charge in [0.25, 0.3) is 0 Å². The number of carbonyl (C=O) groups is 2. The molecule has 0 aromatic heterocycles. The van der Waals surface area contributed by atoms with Crippen molar-refractivity contribution in [1.82, 2.24) is 0 Å². The Morgan fingerprint density at radius 3 is 2.18 bits per heavy atom. The van der Waals surface area contributed by atoms with Gasteiger partial charge in [-0.15, -0.1) is 0 Å². The number of hydrogen-bond acceptors (Lipinski definition) is 2. The number of allylic oxidation sites excluding steroid dienone is 2. The lowest BCUT2D eigenvalue weighted by atomic mass is 9.83. The van der Waals surface area contributed by atoms with E-state index in [0.717, 1.165) is 12.8 Å². The SMILES string of the molecule is CCCCC1=C(C)C(=O)c2ccccc2C1=O. The standard InChI is InChI=1S/C15H16O2/c1-3-4-7-11-10(2)14(16)12-8-5-6-9-13(12)15(11)17/h5-6,8-9H,3-4,7H2,1-2H3. The van der Waals surface area contributed by atoms with E-state index in [-0.39, 0.29) is 11.6 Å². The molecule has 1 aliphatic carbocycles. The molecule has 2 nitrogen and oxygen atoms in total. The molecule has 0 fully saturated rings. The second-order valence-corrected chi connectivity index (χ2v) is 4.41. The second-order valence-electron chi connectivity index (χ2n) is 4.41. The van der Waals surface area contributed by atoms with E-state index in [9.17, 15) is 9.59 Å². The van der Waals surface area contributed by atoms with Crippen molar-refractivity contribution < 1.29 is 9.59 Å². The van der Waals surface area contributed by atoms with Crippen molar-refractivity contribution >= 4 is 11.6 Å². The summed E-state index contributed by atoms with van der Waals surface area (Å²) in [7, 11) is 0. The van der Waals surface area contributed by atoms with Crippen molar-refractivity contribution in [2.75, 3.05) is 0 Å². The number of Topliss-reactive ketones (excluding diaryl/α,β-unsaturated/α-hetero) is 2. The summed E-state index contributed by atoms with van der Waals surface area (Å²) in [5, 5.41) is 0. The van der Waals surface area contributed by atoms with Gasteiger partial charge in [-0.2, -0.15) is 0 Å². The molecule has 0 unspecified atom stereocenters. The maximum Gasteiger partial charge on any atom is 0.190 e. The molecule has 0 spiro atoms. The van der Waals surface area contributed by atoms with Crippen LogP contribution in [0.3, 0.4) is 0 Å². The van der Waals surface area contributed by atoms with Gasteiger partial charge in [0.05, 0.1) is 0 Å². The number of carbonyl (C=O) groups excluding carboxylic acids is 2. The fourth-order valence-electron chi connectivity index (χ4n) is 2.21. The highest BCUT2D eigenvalue weighted by molar-refractivity contribution is 6.26. The summed E-state index contributed by atoms with van der Waals surface area (Å²) in [5.74, 6) is 0.0393. The smallest absolute Gasteiger partial charge is 0.190 e. The van der Waals surface area contributed by atoms with Gasteiger partial charge in [-0.3, -0.25) is 9.59 Å². The van der Waals surface area contributed by atoms with Crippen LogP contribution in [0.25, 0.3) is 0 Å². The van der Waals surface area contributed by atoms with Crippen LogP contribution in [0.15, 0.2) is 35.4 Å². The van der Waals surface area contributed by atoms with Crippen molar-refractivity contribution in [3.8, 4) is 0 Å². The molecular formula is C15H16O2. The van der Waals surface area contributed by atoms with Crippen LogP contribution < -0.4 is 0 Å². The first-order chi connectivity index (χ1) is 8.16. The summed E-state index contributed by atoms with van der Waals surface area (Å²) in [4.78, 5) is 24.4. The molecule has 0 saturated heterocycles. The highest BCUT2D eigenvalue weighted by Crippen LogP contribution is 2.28. The van der Waals surface area contributed by atoms with Gasteiger partial charge in [0.15, 0.2) is 11.6 Å². The zero-order chi connectivity index (χ0) is 12.4. The van der Waals surface area contributed by atoms with Gasteiger partial charge >= 0.3 is 0 Å². The Morgan fingerprint density at radius 2 is 1.59 bits per heavy atom. The van der Waals surface area contributed by atoms with Crippen LogP contribution in [-0.2, 0) is 0 Å². The lowest BCUT2D eigenvalue weighted by molar-refractivity contribution is 0.0971. The van der Waals surface area contributed by atoms with Crippen molar-refractivity contribution in [3.05, 3.63) is 46.5 Å². The van der Waals surface area contributed by atoms with E-state index in [4.69, 9.17) is 0 Å². The number of rotatable bonds is 3. The number of unbranched alkanes of at least 4 members (excludes halogenated alkanes) is 1. The normalized spacial score (nSPS) is 15.2. The van der Waals surface area contributed by atoms with Gasteiger partial charge in [0, 0.05) is 22.3 Å². The van der Waals surface area contributed by atoms with Gasteiger partial charge in [-0.05, 0) is 19.8 Å². The highest BCUT2D eigenvalue weighted by atomic mass is 16.1. The Labute approximate surface area is 101 Å². The third kappa shape index (κ3) is 1.95. The molecule has 0 radical (unpaired) electrons. The molecule has 0 N–H and O–H groups in total. The lowest BCUT2D eigenvalue weighted by Crippen LogP contribution is -2.20. The first-order valence-electron chi connectivity index (χ1n) is 6.05. The minimum Gasteiger partial charge on any atom is -0.289 e. The average Bonchev–Trinajstić information content (AvgIpc) is 2.36. The third-order valence-electron chi connectivity index (χ3n) is 3.26. The lowest BCUT2D eigenvalue weighted by Gasteiger charge is -2.18. The highest BCUT2D eigenvalue weighted by Gasteiger charge is 2.28. The molecule has 1 aliphatic rings. The number of hydrogen-bond donors (Lipinski definition) is 0. The first-order valence-corrected chi connectivity index (χ1v) is 6.05. The summed E-state index contributed by atoms with van der Waals surface area (Å²) in [6.07, 6.45) is 2.69. The molecule has 1 aromatic rings. The van der Waals surface area contributed by atoms with Crippen LogP contribution in [0.1, 0.15) is 53.8 Å². The molecule has 1 aromatic carbocycles. The molecule has 0 heterocycles. The van der Waals surface area contributed by atoms with Crippen LogP contribution in [0.5, 0.6) is 0 Å². The van der Waals surface area contributed by atoms with Gasteiger partial charge in [-0.1, -0.05) is 37.6 Å². The predicted molar refractivity (Wildman–Crippen MR) is 67.3 cm³/mol. The van der Waals surface area contributed by atoms with Crippen LogP contribution in [0.4, 0.5) is 0 Å². The quantitative estimate of drug-likeness (QED) is 0.792. The number of ketones is 2. The van der Waals surface area contributed by atoms with Crippen LogP contribution in [-0.4, -0.2) is 11.6 Å². The molecule has 0 amide bonds. The first kappa shape index (κ1) is 11.8. The number of fused-ring (bicyclic) bond motifs is 1. The minimum atomic E-state index is 0.00584. The molecule has 17 heavy (non-hydrogen) atoms. The van der Waals surface area contributed by atoms with E-state index in [1.807, 2.05) is 6.07 Å². The third-order valence-corrected chi connectivity index (χ3v) is 3.26. The molecule has 2 rings (SSSR count). The summed E-state index contributed by atoms with van der Waals surface area (Å²) < 4.78 is 0. The monoisotopic (exact) mass is 228 g/mol. The van der Waals surface area contributed by atoms with E-state index >= 15 is 0 Å². The minimum absolute atomic E-state index is 0.00584. The summed E-state index contributed by atoms with van der Waals surface area (Å²) >= 11 is 0. The van der Waals surface area contributed by atoms with Gasteiger partial charge in [-0.25, -0.2) is 0 Å². The topological polar surface area (TPSA) is 34.1 Å². The molecular weight excluding hydrogens is 212 g/mol. The summed E-state index contributed by atoms with van der Waals surface area (Å²) in [6, 6.07) is 7.08. The van der Waals surface area contributed by atoms with Gasteiger partial charge < -0.3 is 0 Å². The summed E-state index contributed by atoms with van der Waals surface area (Å²) in [5.41, 5.74) is 2.45. The Bertz CT molecular complexity index is 509. The molecule has 0 saturated carbocycles. The second kappa shape index (κ2) is 4.66. The van der Waals surface area contributed by atoms with Crippen molar-refractivity contribution in [2.45, 2.75) is 33.1 Å². The maximum absolute atomic E-state index is 12.3. The van der Waals surface area contributed by atoms with E-state index in [1.54, 1.807) is 25.1 Å². The van der Waals surface area contributed by atoms with Gasteiger partial charge in [0.1, 0.15) is 0 Å². The van der Waals surface area contributed by atoms with E-state index in [2.05, 4.69) is 6.92 Å². The molecule has 0 aliphatic heterocycles. The van der Waals surface area contributed by atoms with Crippen molar-refractivity contribution in [1.29, 1.82) is 0 Å². The number of benzene rings is 1. The Morgan fingerprint density at radius 1 is 1.00 bits per heavy atom. The Kier molecular flexibility index (Phi) is 3.23. The Hall–Kier alpha value is -1.70. The van der Waals surface area contributed by atoms with Gasteiger partial charge in [0.2, 0.25) is 0 Å². The molecule has 0 bridgehead atoms. The fourth-order valence-corrected chi connectivity index (χ4v) is 2.21. The van der Waals surface area contributed by atoms with Crippen molar-refractivity contribution in [2.24, 2.45) is 0 Å². The molecule has 0 atom stereocenters. The van der Waals surface area contributed by atoms with Crippen LogP contribution >= 0.6 is 0 Å². The summed E-state index contributed by atoms with van der Waals surface area (Å²) in [6.45, 7) is 3.85. The maximum atomic E-state index is 12.3. The zero-order valence-electron chi connectivity index (χ0n) is 10.2. The zero-order valence-corrected chi connectivity index (χ0v) is 10.2. The molecule has 88 valence electrons. The average molecular weight is 228 g/mol. The van der Waals surface area contributed by atoms with Crippen LogP contribution in [0, 0.1) is 0 Å². The van der Waals surface area contributed by atoms with E-state index in [0.29, 0.717) is 28.7 Å². The largest absolute Gasteiger partial charge is 0.289 e. The molecule has 2 heteroatoms. The Balaban J connectivity index is 2.47. The van der Waals surface area contributed by atoms with Crippen LogP contribution in [0.2, 0.25) is 0 Å². The van der Waals surface area contributed by atoms with Crippen molar-refractivity contribution in [3.63, 3.8) is 0 Å². The van der Waals surface area contributed by atoms with E-state index < -0.39 is 0 Å². The van der Waals surface area contributed by atoms with E-state index in [1.165, 1.54) is 0 Å². The predicted octanol–water partition coefficient (Wildman–Crippen LogP) is 3.57.